The molecule has 2 aromatic rings. The van der Waals surface area contributed by atoms with E-state index in [1.807, 2.05) is 18.2 Å². The Morgan fingerprint density at radius 1 is 1.53 bits per heavy atom. The van der Waals surface area contributed by atoms with Gasteiger partial charge in [0.1, 0.15) is 11.8 Å². The summed E-state index contributed by atoms with van der Waals surface area (Å²) in [6, 6.07) is 5.54. The highest BCUT2D eigenvalue weighted by molar-refractivity contribution is 5.74. The van der Waals surface area contributed by atoms with Crippen molar-refractivity contribution < 1.29 is 9.21 Å². The minimum atomic E-state index is 0.260. The number of hydrogen-bond acceptors (Lipinski definition) is 3. The van der Waals surface area contributed by atoms with E-state index in [-0.39, 0.29) is 6.42 Å². The molecule has 0 amide bonds. The zero-order valence-electron chi connectivity index (χ0n) is 8.28. The predicted octanol–water partition coefficient (Wildman–Crippen LogP) is 2.08. The molecule has 0 aliphatic rings. The standard InChI is InChI=1S/C12H9NO2/c1-9-13-11-8-10(4-2-3-7-14)5-6-12(11)15-9/h5-8H,3H2,1H3. The van der Waals surface area contributed by atoms with Crippen LogP contribution < -0.4 is 0 Å². The summed E-state index contributed by atoms with van der Waals surface area (Å²) in [7, 11) is 0. The molecule has 3 heteroatoms. The molecule has 1 heterocycles. The highest BCUT2D eigenvalue weighted by Crippen LogP contribution is 2.16. The molecule has 15 heavy (non-hydrogen) atoms. The molecule has 0 spiro atoms. The number of aromatic nitrogens is 1. The lowest BCUT2D eigenvalue weighted by Crippen LogP contribution is -1.75. The second-order valence-corrected chi connectivity index (χ2v) is 3.09. The smallest absolute Gasteiger partial charge is 0.192 e. The summed E-state index contributed by atoms with van der Waals surface area (Å²) in [5.41, 5.74) is 2.40. The second-order valence-electron chi connectivity index (χ2n) is 3.09. The number of carbonyl (C=O) groups is 1. The van der Waals surface area contributed by atoms with Crippen molar-refractivity contribution in [2.45, 2.75) is 13.3 Å². The first-order valence-electron chi connectivity index (χ1n) is 4.59. The molecule has 74 valence electrons. The molecule has 0 fully saturated rings. The third-order valence-electron chi connectivity index (χ3n) is 1.91. The van der Waals surface area contributed by atoms with Gasteiger partial charge < -0.3 is 9.21 Å². The zero-order chi connectivity index (χ0) is 10.7. The zero-order valence-corrected chi connectivity index (χ0v) is 8.28. The van der Waals surface area contributed by atoms with E-state index in [2.05, 4.69) is 16.8 Å². The number of fused-ring (bicyclic) bond motifs is 1. The Hall–Kier alpha value is -2.08. The van der Waals surface area contributed by atoms with E-state index >= 15 is 0 Å². The summed E-state index contributed by atoms with van der Waals surface area (Å²) >= 11 is 0. The summed E-state index contributed by atoms with van der Waals surface area (Å²) in [5.74, 6) is 6.27. The van der Waals surface area contributed by atoms with Crippen molar-refractivity contribution in [1.82, 2.24) is 4.98 Å². The van der Waals surface area contributed by atoms with Crippen LogP contribution in [-0.2, 0) is 4.79 Å². The number of benzene rings is 1. The lowest BCUT2D eigenvalue weighted by molar-refractivity contribution is -0.107. The molecule has 0 atom stereocenters. The topological polar surface area (TPSA) is 43.1 Å². The first-order valence-corrected chi connectivity index (χ1v) is 4.59. The Morgan fingerprint density at radius 3 is 3.20 bits per heavy atom. The highest BCUT2D eigenvalue weighted by atomic mass is 16.3. The molecular weight excluding hydrogens is 190 g/mol. The maximum Gasteiger partial charge on any atom is 0.192 e. The Balaban J connectivity index is 2.39. The fraction of sp³-hybridized carbons (Fsp3) is 0.167. The third kappa shape index (κ3) is 2.05. The number of aryl methyl sites for hydroxylation is 1. The van der Waals surface area contributed by atoms with Crippen LogP contribution in [-0.4, -0.2) is 11.3 Å². The molecule has 0 saturated carbocycles. The van der Waals surface area contributed by atoms with Crippen molar-refractivity contribution in [2.24, 2.45) is 0 Å². The fourth-order valence-electron chi connectivity index (χ4n) is 1.32. The number of rotatable bonds is 1. The van der Waals surface area contributed by atoms with Crippen LogP contribution in [0.25, 0.3) is 11.1 Å². The van der Waals surface area contributed by atoms with Crippen LogP contribution in [0, 0.1) is 18.8 Å². The van der Waals surface area contributed by atoms with Crippen molar-refractivity contribution >= 4 is 17.4 Å². The molecule has 0 unspecified atom stereocenters. The van der Waals surface area contributed by atoms with Crippen molar-refractivity contribution in [3.8, 4) is 11.8 Å². The highest BCUT2D eigenvalue weighted by Gasteiger charge is 2.01. The van der Waals surface area contributed by atoms with Gasteiger partial charge in [-0.05, 0) is 18.2 Å². The van der Waals surface area contributed by atoms with Gasteiger partial charge >= 0.3 is 0 Å². The van der Waals surface area contributed by atoms with Crippen molar-refractivity contribution in [2.75, 3.05) is 0 Å². The van der Waals surface area contributed by atoms with Crippen LogP contribution >= 0.6 is 0 Å². The molecule has 1 aromatic carbocycles. The third-order valence-corrected chi connectivity index (χ3v) is 1.91. The van der Waals surface area contributed by atoms with E-state index in [0.29, 0.717) is 5.89 Å². The summed E-state index contributed by atoms with van der Waals surface area (Å²) in [4.78, 5) is 14.3. The average Bonchev–Trinajstić information content (AvgIpc) is 2.57. The number of aldehydes is 1. The maximum atomic E-state index is 10.1. The Morgan fingerprint density at radius 2 is 2.40 bits per heavy atom. The fourth-order valence-corrected chi connectivity index (χ4v) is 1.32. The van der Waals surface area contributed by atoms with E-state index in [1.54, 1.807) is 6.92 Å². The Labute approximate surface area is 87.1 Å². The molecule has 2 rings (SSSR count). The van der Waals surface area contributed by atoms with Gasteiger partial charge in [0, 0.05) is 12.5 Å². The summed E-state index contributed by atoms with van der Waals surface area (Å²) in [6.07, 6.45) is 1.04. The van der Waals surface area contributed by atoms with E-state index in [1.165, 1.54) is 0 Å². The van der Waals surface area contributed by atoms with Gasteiger partial charge in [0.2, 0.25) is 0 Å². The second kappa shape index (κ2) is 3.97. The molecule has 0 aliphatic carbocycles. The van der Waals surface area contributed by atoms with Crippen molar-refractivity contribution in [1.29, 1.82) is 0 Å². The van der Waals surface area contributed by atoms with E-state index in [9.17, 15) is 4.79 Å². The summed E-state index contributed by atoms with van der Waals surface area (Å²) < 4.78 is 5.33. The van der Waals surface area contributed by atoms with Gasteiger partial charge in [-0.15, -0.1) is 0 Å². The summed E-state index contributed by atoms with van der Waals surface area (Å²) in [6.45, 7) is 1.80. The molecule has 0 saturated heterocycles. The monoisotopic (exact) mass is 199 g/mol. The number of nitrogens with zero attached hydrogens (tertiary/aromatic N) is 1. The molecule has 1 aromatic heterocycles. The van der Waals surface area contributed by atoms with E-state index in [0.717, 1.165) is 22.9 Å². The molecular formula is C12H9NO2. The van der Waals surface area contributed by atoms with E-state index < -0.39 is 0 Å². The first-order chi connectivity index (χ1) is 7.29. The van der Waals surface area contributed by atoms with Crippen molar-refractivity contribution in [3.63, 3.8) is 0 Å². The van der Waals surface area contributed by atoms with Crippen LogP contribution in [0.3, 0.4) is 0 Å². The van der Waals surface area contributed by atoms with Gasteiger partial charge in [0.15, 0.2) is 11.5 Å². The van der Waals surface area contributed by atoms with Crippen molar-refractivity contribution in [3.05, 3.63) is 29.7 Å². The lowest BCUT2D eigenvalue weighted by Gasteiger charge is -1.88. The minimum absolute atomic E-state index is 0.260. The molecule has 3 nitrogen and oxygen atoms in total. The largest absolute Gasteiger partial charge is 0.441 e. The normalized spacial score (nSPS) is 9.67. The van der Waals surface area contributed by atoms with Gasteiger partial charge in [-0.25, -0.2) is 4.98 Å². The maximum absolute atomic E-state index is 10.1. The van der Waals surface area contributed by atoms with Gasteiger partial charge in [0.05, 0.1) is 6.42 Å². The average molecular weight is 199 g/mol. The van der Waals surface area contributed by atoms with Gasteiger partial charge in [-0.2, -0.15) is 0 Å². The van der Waals surface area contributed by atoms with Crippen LogP contribution in [0.1, 0.15) is 17.9 Å². The van der Waals surface area contributed by atoms with Crippen LogP contribution in [0.5, 0.6) is 0 Å². The summed E-state index contributed by atoms with van der Waals surface area (Å²) in [5, 5.41) is 0. The van der Waals surface area contributed by atoms with Crippen LogP contribution in [0.15, 0.2) is 22.6 Å². The first kappa shape index (κ1) is 9.47. The Kier molecular flexibility index (Phi) is 2.51. The minimum Gasteiger partial charge on any atom is -0.441 e. The van der Waals surface area contributed by atoms with Crippen LogP contribution in [0.4, 0.5) is 0 Å². The van der Waals surface area contributed by atoms with Gasteiger partial charge in [0.25, 0.3) is 0 Å². The van der Waals surface area contributed by atoms with E-state index in [4.69, 9.17) is 4.42 Å². The molecule has 0 bridgehead atoms. The Bertz CT molecular complexity index is 558. The molecule has 0 aliphatic heterocycles. The predicted molar refractivity (Wildman–Crippen MR) is 56.3 cm³/mol. The quantitative estimate of drug-likeness (QED) is 0.521. The SMILES string of the molecule is Cc1nc2cc(C#CCC=O)ccc2o1. The van der Waals surface area contributed by atoms with Gasteiger partial charge in [-0.1, -0.05) is 11.8 Å². The van der Waals surface area contributed by atoms with Gasteiger partial charge in [-0.3, -0.25) is 0 Å². The van der Waals surface area contributed by atoms with Crippen LogP contribution in [0.2, 0.25) is 0 Å². The molecule has 0 radical (unpaired) electrons. The number of hydrogen-bond donors (Lipinski definition) is 0. The number of oxazole rings is 1. The lowest BCUT2D eigenvalue weighted by atomic mass is 10.2. The molecule has 0 N–H and O–H groups in total. The number of carbonyl (C=O) groups excluding carboxylic acids is 1.